The van der Waals surface area contributed by atoms with Crippen LogP contribution in [0, 0.1) is 5.41 Å². The Labute approximate surface area is 129 Å². The molecule has 1 aliphatic carbocycles. The monoisotopic (exact) mass is 286 g/mol. The van der Waals surface area contributed by atoms with Gasteiger partial charge in [-0.05, 0) is 56.7 Å². The number of nitrogens with zero attached hydrogens (tertiary/aromatic N) is 1. The fourth-order valence-electron chi connectivity index (χ4n) is 4.16. The predicted molar refractivity (Wildman–Crippen MR) is 89.4 cm³/mol. The maximum Gasteiger partial charge on any atom is 0.0534 e. The van der Waals surface area contributed by atoms with Crippen molar-refractivity contribution in [2.45, 2.75) is 51.5 Å². The summed E-state index contributed by atoms with van der Waals surface area (Å²) in [5.74, 6) is 0. The molecule has 2 aliphatic rings. The van der Waals surface area contributed by atoms with E-state index in [0.29, 0.717) is 5.41 Å². The zero-order valence-electron chi connectivity index (χ0n) is 13.7. The van der Waals surface area contributed by atoms with Gasteiger partial charge in [0.1, 0.15) is 0 Å². The Morgan fingerprint density at radius 1 is 1.14 bits per heavy atom. The molecule has 116 valence electrons. The third-order valence-electron chi connectivity index (χ3n) is 5.84. The zero-order chi connectivity index (χ0) is 14.8. The minimum absolute atomic E-state index is 0.0937. The first-order chi connectivity index (χ1) is 10.2. The molecule has 2 heteroatoms. The van der Waals surface area contributed by atoms with E-state index < -0.39 is 0 Å². The molecule has 1 N–H and O–H groups in total. The maximum atomic E-state index is 3.80. The average molecular weight is 286 g/mol. The molecular weight excluding hydrogens is 256 g/mol. The van der Waals surface area contributed by atoms with Crippen molar-refractivity contribution in [3.05, 3.63) is 35.9 Å². The van der Waals surface area contributed by atoms with Crippen molar-refractivity contribution in [3.8, 4) is 0 Å². The smallest absolute Gasteiger partial charge is 0.0534 e. The normalized spacial score (nSPS) is 29.6. The van der Waals surface area contributed by atoms with Gasteiger partial charge in [-0.2, -0.15) is 0 Å². The van der Waals surface area contributed by atoms with Crippen LogP contribution in [-0.4, -0.2) is 31.1 Å². The van der Waals surface area contributed by atoms with Gasteiger partial charge in [0.2, 0.25) is 0 Å². The van der Waals surface area contributed by atoms with Crippen LogP contribution in [0.25, 0.3) is 0 Å². The molecule has 1 aromatic carbocycles. The summed E-state index contributed by atoms with van der Waals surface area (Å²) in [7, 11) is 0. The van der Waals surface area contributed by atoms with Gasteiger partial charge in [0, 0.05) is 13.1 Å². The lowest BCUT2D eigenvalue weighted by atomic mass is 9.66. The summed E-state index contributed by atoms with van der Waals surface area (Å²) in [5.41, 5.74) is 2.15. The molecule has 1 saturated carbocycles. The Morgan fingerprint density at radius 2 is 1.90 bits per heavy atom. The lowest BCUT2D eigenvalue weighted by Gasteiger charge is -2.46. The van der Waals surface area contributed by atoms with Crippen LogP contribution in [0.5, 0.6) is 0 Å². The van der Waals surface area contributed by atoms with Crippen molar-refractivity contribution in [3.63, 3.8) is 0 Å². The molecule has 0 spiro atoms. The summed E-state index contributed by atoms with van der Waals surface area (Å²) in [4.78, 5) is 2.73. The van der Waals surface area contributed by atoms with E-state index in [1.807, 2.05) is 0 Å². The largest absolute Gasteiger partial charge is 0.307 e. The van der Waals surface area contributed by atoms with Crippen molar-refractivity contribution in [2.75, 3.05) is 26.2 Å². The minimum atomic E-state index is 0.0937. The first kappa shape index (κ1) is 15.1. The quantitative estimate of drug-likeness (QED) is 0.906. The van der Waals surface area contributed by atoms with Crippen LogP contribution in [0.1, 0.15) is 51.5 Å². The molecule has 2 fully saturated rings. The Hall–Kier alpha value is -0.860. The summed E-state index contributed by atoms with van der Waals surface area (Å²) < 4.78 is 0. The second kappa shape index (κ2) is 6.10. The molecule has 2 nitrogen and oxygen atoms in total. The van der Waals surface area contributed by atoms with Crippen molar-refractivity contribution < 1.29 is 0 Å². The van der Waals surface area contributed by atoms with Gasteiger partial charge in [0.15, 0.2) is 0 Å². The Morgan fingerprint density at radius 3 is 2.52 bits per heavy atom. The van der Waals surface area contributed by atoms with Crippen LogP contribution in [0.4, 0.5) is 0 Å². The van der Waals surface area contributed by atoms with E-state index in [0.717, 1.165) is 13.1 Å². The molecule has 1 aliphatic heterocycles. The summed E-state index contributed by atoms with van der Waals surface area (Å²) in [5, 5.41) is 3.80. The summed E-state index contributed by atoms with van der Waals surface area (Å²) in [6, 6.07) is 11.0. The number of rotatable bonds is 4. The van der Waals surface area contributed by atoms with Gasteiger partial charge >= 0.3 is 0 Å². The van der Waals surface area contributed by atoms with Crippen molar-refractivity contribution >= 4 is 0 Å². The molecule has 0 bridgehead atoms. The molecule has 1 atom stereocenters. The fraction of sp³-hybridized carbons (Fsp3) is 0.684. The standard InChI is InChI=1S/C19H30N2/c1-3-19(11-7-12-19)16-21-14-8-13-20-18(2,15-21)17-9-5-4-6-10-17/h4-6,9-10,20H,3,7-8,11-16H2,1-2H3. The molecule has 1 aromatic rings. The fourth-order valence-corrected chi connectivity index (χ4v) is 4.16. The predicted octanol–water partition coefficient (Wildman–Crippen LogP) is 3.78. The van der Waals surface area contributed by atoms with Crippen LogP contribution in [0.15, 0.2) is 30.3 Å². The van der Waals surface area contributed by atoms with E-state index in [1.165, 1.54) is 50.8 Å². The molecule has 0 amide bonds. The molecule has 3 rings (SSSR count). The van der Waals surface area contributed by atoms with Gasteiger partial charge in [0.25, 0.3) is 0 Å². The lowest BCUT2D eigenvalue weighted by Crippen LogP contribution is -2.50. The number of hydrogen-bond acceptors (Lipinski definition) is 2. The number of benzene rings is 1. The van der Waals surface area contributed by atoms with Crippen molar-refractivity contribution in [1.82, 2.24) is 10.2 Å². The van der Waals surface area contributed by atoms with Gasteiger partial charge in [0.05, 0.1) is 5.54 Å². The van der Waals surface area contributed by atoms with Crippen molar-refractivity contribution in [2.24, 2.45) is 5.41 Å². The van der Waals surface area contributed by atoms with Gasteiger partial charge in [-0.3, -0.25) is 0 Å². The first-order valence-corrected chi connectivity index (χ1v) is 8.69. The van der Waals surface area contributed by atoms with E-state index in [4.69, 9.17) is 0 Å². The van der Waals surface area contributed by atoms with Gasteiger partial charge in [-0.15, -0.1) is 0 Å². The second-order valence-corrected chi connectivity index (χ2v) is 7.40. The van der Waals surface area contributed by atoms with E-state index in [1.54, 1.807) is 0 Å². The Balaban J connectivity index is 1.74. The van der Waals surface area contributed by atoms with Crippen LogP contribution < -0.4 is 5.32 Å². The van der Waals surface area contributed by atoms with Crippen molar-refractivity contribution in [1.29, 1.82) is 0 Å². The van der Waals surface area contributed by atoms with Crippen LogP contribution in [-0.2, 0) is 5.54 Å². The van der Waals surface area contributed by atoms with Crippen LogP contribution in [0.2, 0.25) is 0 Å². The van der Waals surface area contributed by atoms with Gasteiger partial charge in [-0.1, -0.05) is 43.7 Å². The number of nitrogens with one attached hydrogen (secondary N) is 1. The van der Waals surface area contributed by atoms with Crippen LogP contribution in [0.3, 0.4) is 0 Å². The highest BCUT2D eigenvalue weighted by Gasteiger charge is 2.39. The highest BCUT2D eigenvalue weighted by atomic mass is 15.2. The Bertz CT molecular complexity index is 446. The SMILES string of the molecule is CCC1(CN2CCCNC(C)(c3ccccc3)C2)CCC1. The molecule has 1 saturated heterocycles. The number of hydrogen-bond donors (Lipinski definition) is 1. The molecule has 0 radical (unpaired) electrons. The molecular formula is C19H30N2. The molecule has 1 unspecified atom stereocenters. The molecule has 0 aromatic heterocycles. The maximum absolute atomic E-state index is 3.80. The third-order valence-corrected chi connectivity index (χ3v) is 5.84. The lowest BCUT2D eigenvalue weighted by molar-refractivity contribution is 0.0543. The summed E-state index contributed by atoms with van der Waals surface area (Å²) >= 11 is 0. The highest BCUT2D eigenvalue weighted by molar-refractivity contribution is 5.24. The van der Waals surface area contributed by atoms with Gasteiger partial charge in [-0.25, -0.2) is 0 Å². The van der Waals surface area contributed by atoms with E-state index in [-0.39, 0.29) is 5.54 Å². The average Bonchev–Trinajstić information content (AvgIpc) is 2.66. The minimum Gasteiger partial charge on any atom is -0.307 e. The topological polar surface area (TPSA) is 15.3 Å². The second-order valence-electron chi connectivity index (χ2n) is 7.40. The van der Waals surface area contributed by atoms with Crippen LogP contribution >= 0.6 is 0 Å². The zero-order valence-corrected chi connectivity index (χ0v) is 13.7. The third kappa shape index (κ3) is 3.17. The van der Waals surface area contributed by atoms with E-state index in [9.17, 15) is 0 Å². The molecule has 1 heterocycles. The highest BCUT2D eigenvalue weighted by Crippen LogP contribution is 2.44. The summed E-state index contributed by atoms with van der Waals surface area (Å²) in [6.07, 6.45) is 6.93. The Kier molecular flexibility index (Phi) is 4.37. The molecule has 21 heavy (non-hydrogen) atoms. The summed E-state index contributed by atoms with van der Waals surface area (Å²) in [6.45, 7) is 9.57. The first-order valence-electron chi connectivity index (χ1n) is 8.69. The van der Waals surface area contributed by atoms with Gasteiger partial charge < -0.3 is 10.2 Å². The van der Waals surface area contributed by atoms with E-state index in [2.05, 4.69) is 54.4 Å². The van der Waals surface area contributed by atoms with E-state index >= 15 is 0 Å².